The molecular weight excluding hydrogens is 474 g/mol. The lowest BCUT2D eigenvalue weighted by atomic mass is 10.1. The van der Waals surface area contributed by atoms with E-state index in [1.165, 1.54) is 6.26 Å². The number of hydrogen-bond acceptors (Lipinski definition) is 7. The van der Waals surface area contributed by atoms with E-state index in [1.807, 2.05) is 30.6 Å². The minimum atomic E-state index is -3.09. The highest BCUT2D eigenvalue weighted by molar-refractivity contribution is 7.88. The van der Waals surface area contributed by atoms with Gasteiger partial charge in [-0.05, 0) is 42.5 Å². The van der Waals surface area contributed by atoms with Gasteiger partial charge in [0.2, 0.25) is 16.0 Å². The maximum Gasteiger partial charge on any atom is 0.225 e. The Morgan fingerprint density at radius 3 is 2.32 bits per heavy atom. The molecule has 0 atom stereocenters. The molecule has 2 fully saturated rings. The molecule has 3 heterocycles. The average Bonchev–Trinajstić information content (AvgIpc) is 2.84. The van der Waals surface area contributed by atoms with Gasteiger partial charge in [-0.15, -0.1) is 0 Å². The molecule has 34 heavy (non-hydrogen) atoms. The summed E-state index contributed by atoms with van der Waals surface area (Å²) in [6.45, 7) is 5.64. The van der Waals surface area contributed by atoms with Gasteiger partial charge >= 0.3 is 0 Å². The second-order valence-corrected chi connectivity index (χ2v) is 11.5. The van der Waals surface area contributed by atoms with Gasteiger partial charge in [-0.25, -0.2) is 22.7 Å². The number of nitrogens with one attached hydrogen (secondary N) is 1. The van der Waals surface area contributed by atoms with Crippen molar-refractivity contribution in [3.8, 4) is 5.75 Å². The Hall–Kier alpha value is -1.94. The lowest BCUT2D eigenvalue weighted by Crippen LogP contribution is -2.44. The highest BCUT2D eigenvalue weighted by Gasteiger charge is 2.25. The molecule has 2 aliphatic rings. The molecule has 4 rings (SSSR count). The Labute approximate surface area is 207 Å². The molecule has 0 spiro atoms. The number of benzene rings is 1. The fourth-order valence-electron chi connectivity index (χ4n) is 4.45. The fourth-order valence-corrected chi connectivity index (χ4v) is 5.57. The first kappa shape index (κ1) is 25.2. The van der Waals surface area contributed by atoms with Gasteiger partial charge in [0, 0.05) is 64.0 Å². The Balaban J connectivity index is 1.23. The van der Waals surface area contributed by atoms with E-state index < -0.39 is 10.0 Å². The number of piperidine rings is 2. The van der Waals surface area contributed by atoms with Gasteiger partial charge in [-0.2, -0.15) is 0 Å². The number of nitrogens with zero attached hydrogens (tertiary/aromatic N) is 4. The Morgan fingerprint density at radius 2 is 1.74 bits per heavy atom. The highest BCUT2D eigenvalue weighted by atomic mass is 35.5. The minimum Gasteiger partial charge on any atom is -0.489 e. The monoisotopic (exact) mass is 507 g/mol. The second-order valence-electron chi connectivity index (χ2n) is 9.13. The summed E-state index contributed by atoms with van der Waals surface area (Å²) in [5.41, 5.74) is 2.23. The van der Waals surface area contributed by atoms with Crippen LogP contribution in [0.2, 0.25) is 5.02 Å². The smallest absolute Gasteiger partial charge is 0.225 e. The predicted octanol–water partition coefficient (Wildman–Crippen LogP) is 3.25. The molecule has 8 nitrogen and oxygen atoms in total. The summed E-state index contributed by atoms with van der Waals surface area (Å²) in [5.74, 6) is 1.50. The Morgan fingerprint density at radius 1 is 1.06 bits per heavy atom. The van der Waals surface area contributed by atoms with Crippen molar-refractivity contribution in [1.82, 2.24) is 19.6 Å². The Bertz CT molecular complexity index is 1050. The van der Waals surface area contributed by atoms with Gasteiger partial charge in [0.15, 0.2) is 0 Å². The molecule has 0 amide bonds. The first-order valence-electron chi connectivity index (χ1n) is 12.0. The van der Waals surface area contributed by atoms with Crippen LogP contribution in [0.1, 0.15) is 43.7 Å². The van der Waals surface area contributed by atoms with E-state index >= 15 is 0 Å². The number of sulfonamides is 1. The van der Waals surface area contributed by atoms with Crippen LogP contribution >= 0.6 is 11.6 Å². The van der Waals surface area contributed by atoms with Crippen molar-refractivity contribution < 1.29 is 13.2 Å². The molecule has 2 saturated heterocycles. The normalized spacial score (nSPS) is 18.9. The quantitative estimate of drug-likeness (QED) is 0.586. The molecule has 186 valence electrons. The fraction of sp³-hybridized carbons (Fsp3) is 0.583. The van der Waals surface area contributed by atoms with Crippen molar-refractivity contribution in [2.75, 3.05) is 37.3 Å². The molecule has 1 N–H and O–H groups in total. The molecule has 2 aromatic rings. The standard InChI is InChI=1S/C24H34ClN5O3S/c1-3-18-15-27-24(28-16-18)29-10-8-21(9-11-29)33-23-5-4-19(14-22(23)25)17-26-20-6-12-30(13-7-20)34(2,31)32/h4-5,14-16,20-21,26H,3,6-13,17H2,1-2H3. The highest BCUT2D eigenvalue weighted by Crippen LogP contribution is 2.29. The predicted molar refractivity (Wildman–Crippen MR) is 135 cm³/mol. The summed E-state index contributed by atoms with van der Waals surface area (Å²) in [6.07, 6.45) is 9.55. The summed E-state index contributed by atoms with van der Waals surface area (Å²) in [4.78, 5) is 11.2. The summed E-state index contributed by atoms with van der Waals surface area (Å²) < 4.78 is 31.1. The molecular formula is C24H34ClN5O3S. The lowest BCUT2D eigenvalue weighted by Gasteiger charge is -2.32. The van der Waals surface area contributed by atoms with E-state index in [0.717, 1.165) is 62.3 Å². The van der Waals surface area contributed by atoms with Gasteiger partial charge in [0.05, 0.1) is 11.3 Å². The third-order valence-corrected chi connectivity index (χ3v) is 8.23. The largest absolute Gasteiger partial charge is 0.489 e. The van der Waals surface area contributed by atoms with Crippen LogP contribution in [0.25, 0.3) is 0 Å². The third-order valence-electron chi connectivity index (χ3n) is 6.63. The second kappa shape index (κ2) is 11.2. The van der Waals surface area contributed by atoms with Crippen LogP contribution in [-0.2, 0) is 23.0 Å². The minimum absolute atomic E-state index is 0.118. The van der Waals surface area contributed by atoms with Crippen molar-refractivity contribution in [1.29, 1.82) is 0 Å². The van der Waals surface area contributed by atoms with E-state index in [4.69, 9.17) is 16.3 Å². The maximum atomic E-state index is 11.7. The number of anilines is 1. The van der Waals surface area contributed by atoms with Crippen molar-refractivity contribution in [3.63, 3.8) is 0 Å². The van der Waals surface area contributed by atoms with E-state index in [0.29, 0.717) is 36.4 Å². The first-order valence-corrected chi connectivity index (χ1v) is 14.2. The molecule has 0 radical (unpaired) electrons. The number of aryl methyl sites for hydroxylation is 1. The number of halogens is 1. The van der Waals surface area contributed by atoms with E-state index in [2.05, 4.69) is 27.1 Å². The van der Waals surface area contributed by atoms with Crippen LogP contribution < -0.4 is 15.0 Å². The van der Waals surface area contributed by atoms with Gasteiger partial charge in [0.25, 0.3) is 0 Å². The van der Waals surface area contributed by atoms with E-state index in [-0.39, 0.29) is 6.10 Å². The van der Waals surface area contributed by atoms with E-state index in [9.17, 15) is 8.42 Å². The van der Waals surface area contributed by atoms with E-state index in [1.54, 1.807) is 4.31 Å². The number of hydrogen-bond donors (Lipinski definition) is 1. The van der Waals surface area contributed by atoms with Crippen LogP contribution in [-0.4, -0.2) is 67.3 Å². The van der Waals surface area contributed by atoms with Gasteiger partial charge in [-0.1, -0.05) is 24.6 Å². The van der Waals surface area contributed by atoms with Crippen LogP contribution in [0.3, 0.4) is 0 Å². The van der Waals surface area contributed by atoms with Gasteiger partial charge in [-0.3, -0.25) is 0 Å². The molecule has 1 aromatic heterocycles. The average molecular weight is 508 g/mol. The SMILES string of the molecule is CCc1cnc(N2CCC(Oc3ccc(CNC4CCN(S(C)(=O)=O)CC4)cc3Cl)CC2)nc1. The summed E-state index contributed by atoms with van der Waals surface area (Å²) >= 11 is 6.54. The molecule has 10 heteroatoms. The number of aromatic nitrogens is 2. The zero-order chi connectivity index (χ0) is 24.1. The molecule has 0 unspecified atom stereocenters. The molecule has 0 bridgehead atoms. The Kier molecular flexibility index (Phi) is 8.29. The zero-order valence-corrected chi connectivity index (χ0v) is 21.5. The molecule has 2 aliphatic heterocycles. The number of ether oxygens (including phenoxy) is 1. The molecule has 1 aromatic carbocycles. The molecule has 0 saturated carbocycles. The summed E-state index contributed by atoms with van der Waals surface area (Å²) in [7, 11) is -3.09. The van der Waals surface area contributed by atoms with Gasteiger partial charge in [0.1, 0.15) is 11.9 Å². The maximum absolute atomic E-state index is 11.7. The first-order chi connectivity index (χ1) is 16.3. The zero-order valence-electron chi connectivity index (χ0n) is 19.9. The lowest BCUT2D eigenvalue weighted by molar-refractivity contribution is 0.170. The molecule has 0 aliphatic carbocycles. The summed E-state index contributed by atoms with van der Waals surface area (Å²) in [6, 6.07) is 6.25. The van der Waals surface area contributed by atoms with Crippen LogP contribution in [0.15, 0.2) is 30.6 Å². The van der Waals surface area contributed by atoms with Crippen molar-refractivity contribution in [3.05, 3.63) is 46.7 Å². The van der Waals surface area contributed by atoms with Crippen LogP contribution in [0.4, 0.5) is 5.95 Å². The van der Waals surface area contributed by atoms with Crippen LogP contribution in [0.5, 0.6) is 5.75 Å². The van der Waals surface area contributed by atoms with Crippen molar-refractivity contribution >= 4 is 27.6 Å². The van der Waals surface area contributed by atoms with Crippen molar-refractivity contribution in [2.45, 2.75) is 57.7 Å². The van der Waals surface area contributed by atoms with Crippen LogP contribution in [0, 0.1) is 0 Å². The topological polar surface area (TPSA) is 87.7 Å². The third kappa shape index (κ3) is 6.59. The van der Waals surface area contributed by atoms with Crippen molar-refractivity contribution in [2.24, 2.45) is 0 Å². The number of rotatable bonds is 8. The van der Waals surface area contributed by atoms with Gasteiger partial charge < -0.3 is 15.0 Å². The summed E-state index contributed by atoms with van der Waals surface area (Å²) in [5, 5.41) is 4.14.